The molecule has 1 aliphatic heterocycles. The molecule has 15 heavy (non-hydrogen) atoms. The number of ether oxygens (including phenoxy) is 1. The Kier molecular flexibility index (Phi) is 1.89. The lowest BCUT2D eigenvalue weighted by molar-refractivity contribution is 0.321. The number of rotatable bonds is 1. The average molecular weight is 199 g/mol. The number of fused-ring (bicyclic) bond motifs is 3. The van der Waals surface area contributed by atoms with Crippen LogP contribution in [-0.4, -0.2) is 13.7 Å². The van der Waals surface area contributed by atoms with Gasteiger partial charge in [-0.05, 0) is 12.4 Å². The van der Waals surface area contributed by atoms with Gasteiger partial charge in [-0.2, -0.15) is 0 Å². The molecular formula is C13H13NO. The van der Waals surface area contributed by atoms with E-state index < -0.39 is 0 Å². The second-order valence-electron chi connectivity index (χ2n) is 3.86. The number of likely N-dealkylation sites (N-methyl/N-ethyl adjacent to an activating group) is 1. The summed E-state index contributed by atoms with van der Waals surface area (Å²) >= 11 is 0. The Hall–Kier alpha value is -1.54. The van der Waals surface area contributed by atoms with E-state index in [-0.39, 0.29) is 0 Å². The van der Waals surface area contributed by atoms with Crippen LogP contribution >= 0.6 is 0 Å². The number of hydrogen-bond donors (Lipinski definition) is 1. The molecule has 1 atom stereocenters. The molecule has 0 saturated carbocycles. The quantitative estimate of drug-likeness (QED) is 0.762. The highest BCUT2D eigenvalue weighted by Crippen LogP contribution is 2.38. The minimum atomic E-state index is 0.338. The third-order valence-corrected chi connectivity index (χ3v) is 3.03. The van der Waals surface area contributed by atoms with Crippen molar-refractivity contribution in [2.24, 2.45) is 0 Å². The first-order chi connectivity index (χ1) is 7.40. The summed E-state index contributed by atoms with van der Waals surface area (Å²) in [5.74, 6) is 1.05. The highest BCUT2D eigenvalue weighted by Gasteiger charge is 2.23. The van der Waals surface area contributed by atoms with E-state index >= 15 is 0 Å². The molecule has 0 saturated heterocycles. The Morgan fingerprint density at radius 3 is 2.93 bits per heavy atom. The molecule has 76 valence electrons. The van der Waals surface area contributed by atoms with E-state index in [9.17, 15) is 0 Å². The van der Waals surface area contributed by atoms with Crippen LogP contribution in [0.25, 0.3) is 10.8 Å². The molecule has 0 spiro atoms. The molecule has 2 aromatic rings. The Balaban J connectivity index is 2.28. The maximum Gasteiger partial charge on any atom is 0.132 e. The molecule has 2 heteroatoms. The van der Waals surface area contributed by atoms with Crippen LogP contribution in [-0.2, 0) is 0 Å². The first kappa shape index (κ1) is 8.74. The largest absolute Gasteiger partial charge is 0.491 e. The second-order valence-corrected chi connectivity index (χ2v) is 3.86. The van der Waals surface area contributed by atoms with E-state index in [0.717, 1.165) is 12.4 Å². The van der Waals surface area contributed by atoms with Gasteiger partial charge in [-0.1, -0.05) is 36.4 Å². The smallest absolute Gasteiger partial charge is 0.132 e. The Morgan fingerprint density at radius 1 is 1.20 bits per heavy atom. The molecular weight excluding hydrogens is 186 g/mol. The molecule has 0 amide bonds. The number of hydrogen-bond acceptors (Lipinski definition) is 2. The highest BCUT2D eigenvalue weighted by atomic mass is 16.5. The normalized spacial score (nSPS) is 18.9. The lowest BCUT2D eigenvalue weighted by Gasteiger charge is -2.06. The lowest BCUT2D eigenvalue weighted by Crippen LogP contribution is -2.16. The van der Waals surface area contributed by atoms with Crippen LogP contribution in [0.4, 0.5) is 0 Å². The average Bonchev–Trinajstić information content (AvgIpc) is 2.72. The first-order valence-corrected chi connectivity index (χ1v) is 5.22. The van der Waals surface area contributed by atoms with Crippen molar-refractivity contribution in [3.8, 4) is 5.75 Å². The van der Waals surface area contributed by atoms with Gasteiger partial charge in [0.05, 0.1) is 6.04 Å². The van der Waals surface area contributed by atoms with Gasteiger partial charge in [-0.15, -0.1) is 0 Å². The van der Waals surface area contributed by atoms with Crippen LogP contribution in [0.2, 0.25) is 0 Å². The summed E-state index contributed by atoms with van der Waals surface area (Å²) in [5, 5.41) is 5.72. The summed E-state index contributed by atoms with van der Waals surface area (Å²) in [6.07, 6.45) is 0. The molecule has 1 unspecified atom stereocenters. The van der Waals surface area contributed by atoms with Crippen molar-refractivity contribution < 1.29 is 4.74 Å². The lowest BCUT2D eigenvalue weighted by atomic mass is 10.0. The second kappa shape index (κ2) is 3.24. The van der Waals surface area contributed by atoms with E-state index in [4.69, 9.17) is 4.74 Å². The predicted octanol–water partition coefficient (Wildman–Crippen LogP) is 2.49. The van der Waals surface area contributed by atoms with Crippen molar-refractivity contribution in [2.75, 3.05) is 13.7 Å². The number of nitrogens with one attached hydrogen (secondary N) is 1. The van der Waals surface area contributed by atoms with Gasteiger partial charge in [0.15, 0.2) is 0 Å². The number of benzene rings is 2. The molecule has 1 heterocycles. The summed E-state index contributed by atoms with van der Waals surface area (Å²) < 4.78 is 5.75. The summed E-state index contributed by atoms with van der Waals surface area (Å²) in [6, 6.07) is 13.0. The van der Waals surface area contributed by atoms with Crippen molar-refractivity contribution >= 4 is 10.8 Å². The minimum Gasteiger partial charge on any atom is -0.491 e. The van der Waals surface area contributed by atoms with Crippen LogP contribution in [0.1, 0.15) is 11.6 Å². The van der Waals surface area contributed by atoms with Crippen molar-refractivity contribution in [2.45, 2.75) is 6.04 Å². The van der Waals surface area contributed by atoms with Crippen molar-refractivity contribution in [1.82, 2.24) is 5.32 Å². The standard InChI is InChI=1S/C13H13NO/c1-14-12-8-15-13-10-5-3-2-4-9(10)6-7-11(12)13/h2-7,12,14H,8H2,1H3. The van der Waals surface area contributed by atoms with Crippen LogP contribution < -0.4 is 10.1 Å². The van der Waals surface area contributed by atoms with Gasteiger partial charge in [-0.3, -0.25) is 0 Å². The molecule has 0 aromatic heterocycles. The van der Waals surface area contributed by atoms with Gasteiger partial charge in [0.25, 0.3) is 0 Å². The van der Waals surface area contributed by atoms with E-state index in [1.54, 1.807) is 0 Å². The fourth-order valence-electron chi connectivity index (χ4n) is 2.19. The summed E-state index contributed by atoms with van der Waals surface area (Å²) in [5.41, 5.74) is 1.27. The molecule has 1 N–H and O–H groups in total. The van der Waals surface area contributed by atoms with Gasteiger partial charge in [0.1, 0.15) is 12.4 Å². The van der Waals surface area contributed by atoms with E-state index in [0.29, 0.717) is 6.04 Å². The fraction of sp³-hybridized carbons (Fsp3) is 0.231. The first-order valence-electron chi connectivity index (χ1n) is 5.22. The molecule has 0 bridgehead atoms. The molecule has 0 aliphatic carbocycles. The van der Waals surface area contributed by atoms with Gasteiger partial charge in [-0.25, -0.2) is 0 Å². The van der Waals surface area contributed by atoms with Crippen LogP contribution in [0.15, 0.2) is 36.4 Å². The Bertz CT molecular complexity index is 507. The fourth-order valence-corrected chi connectivity index (χ4v) is 2.19. The van der Waals surface area contributed by atoms with E-state index in [1.165, 1.54) is 16.3 Å². The van der Waals surface area contributed by atoms with Crippen LogP contribution in [0.3, 0.4) is 0 Å². The van der Waals surface area contributed by atoms with Crippen molar-refractivity contribution in [1.29, 1.82) is 0 Å². The van der Waals surface area contributed by atoms with Gasteiger partial charge in [0.2, 0.25) is 0 Å². The molecule has 2 aromatic carbocycles. The summed E-state index contributed by atoms with van der Waals surface area (Å²) in [7, 11) is 1.97. The summed E-state index contributed by atoms with van der Waals surface area (Å²) in [6.45, 7) is 0.736. The highest BCUT2D eigenvalue weighted by molar-refractivity contribution is 5.90. The molecule has 3 rings (SSSR count). The predicted molar refractivity (Wildman–Crippen MR) is 61.2 cm³/mol. The molecule has 0 radical (unpaired) electrons. The topological polar surface area (TPSA) is 21.3 Å². The maximum atomic E-state index is 5.75. The zero-order valence-electron chi connectivity index (χ0n) is 8.66. The zero-order chi connectivity index (χ0) is 10.3. The van der Waals surface area contributed by atoms with Gasteiger partial charge in [0, 0.05) is 10.9 Å². The van der Waals surface area contributed by atoms with Gasteiger partial charge < -0.3 is 10.1 Å². The van der Waals surface area contributed by atoms with E-state index in [1.807, 2.05) is 7.05 Å². The molecule has 1 aliphatic rings. The maximum absolute atomic E-state index is 5.75. The van der Waals surface area contributed by atoms with Crippen molar-refractivity contribution in [3.05, 3.63) is 42.0 Å². The summed E-state index contributed by atoms with van der Waals surface area (Å²) in [4.78, 5) is 0. The zero-order valence-corrected chi connectivity index (χ0v) is 8.66. The van der Waals surface area contributed by atoms with Gasteiger partial charge >= 0.3 is 0 Å². The van der Waals surface area contributed by atoms with Crippen LogP contribution in [0, 0.1) is 0 Å². The Morgan fingerprint density at radius 2 is 2.07 bits per heavy atom. The van der Waals surface area contributed by atoms with E-state index in [2.05, 4.69) is 41.7 Å². The van der Waals surface area contributed by atoms with Crippen LogP contribution in [0.5, 0.6) is 5.75 Å². The third kappa shape index (κ3) is 1.22. The van der Waals surface area contributed by atoms with Crippen molar-refractivity contribution in [3.63, 3.8) is 0 Å². The molecule has 0 fully saturated rings. The molecule has 2 nitrogen and oxygen atoms in total. The minimum absolute atomic E-state index is 0.338. The Labute approximate surface area is 88.9 Å². The third-order valence-electron chi connectivity index (χ3n) is 3.03. The SMILES string of the molecule is CNC1COc2c1ccc1ccccc21. The monoisotopic (exact) mass is 199 g/mol.